The monoisotopic (exact) mass is 331 g/mol. The lowest BCUT2D eigenvalue weighted by Gasteiger charge is -2.20. The van der Waals surface area contributed by atoms with Crippen LogP contribution in [0.4, 0.5) is 0 Å². The molecule has 0 radical (unpaired) electrons. The number of nitrogens with zero attached hydrogens (tertiary/aromatic N) is 3. The van der Waals surface area contributed by atoms with Crippen LogP contribution >= 0.6 is 0 Å². The van der Waals surface area contributed by atoms with Gasteiger partial charge < -0.3 is 9.30 Å². The SMILES string of the molecule is COc1ccc2c(=O)n3c(nc2c1)-c1c(c2ccccc2n1C)CC3. The van der Waals surface area contributed by atoms with E-state index in [-0.39, 0.29) is 5.56 Å². The average molecular weight is 331 g/mol. The lowest BCUT2D eigenvalue weighted by molar-refractivity contribution is 0.415. The van der Waals surface area contributed by atoms with Gasteiger partial charge in [-0.3, -0.25) is 9.36 Å². The molecule has 2 aromatic carbocycles. The fraction of sp³-hybridized carbons (Fsp3) is 0.200. The summed E-state index contributed by atoms with van der Waals surface area (Å²) in [6, 6.07) is 13.8. The van der Waals surface area contributed by atoms with Crippen LogP contribution < -0.4 is 10.3 Å². The first kappa shape index (κ1) is 14.3. The largest absolute Gasteiger partial charge is 0.497 e. The lowest BCUT2D eigenvalue weighted by atomic mass is 10.0. The highest BCUT2D eigenvalue weighted by Crippen LogP contribution is 2.35. The first-order valence-electron chi connectivity index (χ1n) is 8.34. The maximum absolute atomic E-state index is 13.0. The quantitative estimate of drug-likeness (QED) is 0.538. The number of para-hydroxylation sites is 1. The predicted molar refractivity (Wildman–Crippen MR) is 98.2 cm³/mol. The van der Waals surface area contributed by atoms with Gasteiger partial charge in [0.05, 0.1) is 23.7 Å². The Morgan fingerprint density at radius 2 is 1.96 bits per heavy atom. The van der Waals surface area contributed by atoms with E-state index in [0.29, 0.717) is 23.2 Å². The van der Waals surface area contributed by atoms with Gasteiger partial charge in [-0.1, -0.05) is 18.2 Å². The Kier molecular flexibility index (Phi) is 2.83. The minimum absolute atomic E-state index is 0.0126. The highest BCUT2D eigenvalue weighted by atomic mass is 16.5. The van der Waals surface area contributed by atoms with Gasteiger partial charge in [-0.25, -0.2) is 4.98 Å². The second-order valence-electron chi connectivity index (χ2n) is 6.43. The van der Waals surface area contributed by atoms with Crippen molar-refractivity contribution in [2.75, 3.05) is 7.11 Å². The molecule has 0 saturated carbocycles. The third-order valence-corrected chi connectivity index (χ3v) is 5.17. The van der Waals surface area contributed by atoms with E-state index in [1.54, 1.807) is 17.7 Å². The molecule has 5 rings (SSSR count). The highest BCUT2D eigenvalue weighted by molar-refractivity contribution is 5.92. The normalized spacial score (nSPS) is 13.0. The van der Waals surface area contributed by atoms with Gasteiger partial charge in [-0.2, -0.15) is 0 Å². The molecule has 5 nitrogen and oxygen atoms in total. The van der Waals surface area contributed by atoms with Gasteiger partial charge in [0, 0.05) is 30.6 Å². The second kappa shape index (κ2) is 4.96. The lowest BCUT2D eigenvalue weighted by Crippen LogP contribution is -2.28. The van der Waals surface area contributed by atoms with E-state index in [0.717, 1.165) is 17.9 Å². The Hall–Kier alpha value is -3.08. The molecule has 0 aliphatic carbocycles. The third kappa shape index (κ3) is 1.83. The van der Waals surface area contributed by atoms with Crippen LogP contribution in [-0.2, 0) is 20.0 Å². The van der Waals surface area contributed by atoms with E-state index in [9.17, 15) is 4.79 Å². The molecular weight excluding hydrogens is 314 g/mol. The molecule has 4 aromatic rings. The average Bonchev–Trinajstić information content (AvgIpc) is 2.95. The van der Waals surface area contributed by atoms with Gasteiger partial charge in [0.15, 0.2) is 5.82 Å². The third-order valence-electron chi connectivity index (χ3n) is 5.17. The molecular formula is C20H17N3O2. The van der Waals surface area contributed by atoms with Crippen LogP contribution in [-0.4, -0.2) is 21.2 Å². The summed E-state index contributed by atoms with van der Waals surface area (Å²) in [5.74, 6) is 1.45. The Morgan fingerprint density at radius 3 is 2.80 bits per heavy atom. The molecule has 0 amide bonds. The minimum Gasteiger partial charge on any atom is -0.497 e. The zero-order valence-corrected chi connectivity index (χ0v) is 14.1. The maximum Gasteiger partial charge on any atom is 0.261 e. The maximum atomic E-state index is 13.0. The molecule has 5 heteroatoms. The van der Waals surface area contributed by atoms with Crippen molar-refractivity contribution >= 4 is 21.8 Å². The van der Waals surface area contributed by atoms with Crippen LogP contribution in [0.1, 0.15) is 5.56 Å². The highest BCUT2D eigenvalue weighted by Gasteiger charge is 2.25. The number of benzene rings is 2. The van der Waals surface area contributed by atoms with E-state index >= 15 is 0 Å². The Balaban J connectivity index is 1.91. The van der Waals surface area contributed by atoms with E-state index in [2.05, 4.69) is 22.8 Å². The van der Waals surface area contributed by atoms with Crippen molar-refractivity contribution in [2.24, 2.45) is 7.05 Å². The number of aromatic nitrogens is 3. The number of aryl methyl sites for hydroxylation is 2. The van der Waals surface area contributed by atoms with E-state index in [1.165, 1.54) is 16.5 Å². The van der Waals surface area contributed by atoms with Gasteiger partial charge in [0.2, 0.25) is 0 Å². The van der Waals surface area contributed by atoms with E-state index in [1.807, 2.05) is 25.2 Å². The van der Waals surface area contributed by atoms with Gasteiger partial charge >= 0.3 is 0 Å². The summed E-state index contributed by atoms with van der Waals surface area (Å²) < 4.78 is 9.24. The van der Waals surface area contributed by atoms with Crippen molar-refractivity contribution in [1.82, 2.24) is 14.1 Å². The molecule has 0 fully saturated rings. The standard InChI is InChI=1S/C20H17N3O2/c1-22-17-6-4-3-5-13(17)14-9-10-23-19(18(14)22)21-16-11-12(25-2)7-8-15(16)20(23)24/h3-8,11H,9-10H2,1-2H3. The van der Waals surface area contributed by atoms with Crippen molar-refractivity contribution in [3.8, 4) is 17.3 Å². The number of hydrogen-bond donors (Lipinski definition) is 0. The van der Waals surface area contributed by atoms with E-state index < -0.39 is 0 Å². The van der Waals surface area contributed by atoms with Crippen LogP contribution in [0, 0.1) is 0 Å². The number of fused-ring (bicyclic) bond motifs is 6. The van der Waals surface area contributed by atoms with Gasteiger partial charge in [-0.05, 0) is 30.2 Å². The summed E-state index contributed by atoms with van der Waals surface area (Å²) in [6.45, 7) is 0.657. The molecule has 25 heavy (non-hydrogen) atoms. The summed E-state index contributed by atoms with van der Waals surface area (Å²) in [5, 5.41) is 1.87. The molecule has 0 atom stereocenters. The van der Waals surface area contributed by atoms with Crippen LogP contribution in [0.3, 0.4) is 0 Å². The predicted octanol–water partition coefficient (Wildman–Crippen LogP) is 3.12. The zero-order chi connectivity index (χ0) is 17.1. The summed E-state index contributed by atoms with van der Waals surface area (Å²) >= 11 is 0. The summed E-state index contributed by atoms with van der Waals surface area (Å²) in [7, 11) is 3.66. The summed E-state index contributed by atoms with van der Waals surface area (Å²) in [5.41, 5.74) is 4.16. The molecule has 1 aliphatic heterocycles. The van der Waals surface area contributed by atoms with Crippen LogP contribution in [0.25, 0.3) is 33.3 Å². The molecule has 124 valence electrons. The molecule has 2 aromatic heterocycles. The second-order valence-corrected chi connectivity index (χ2v) is 6.43. The van der Waals surface area contributed by atoms with Crippen molar-refractivity contribution in [3.05, 3.63) is 58.4 Å². The van der Waals surface area contributed by atoms with Crippen molar-refractivity contribution in [1.29, 1.82) is 0 Å². The number of hydrogen-bond acceptors (Lipinski definition) is 3. The first-order valence-corrected chi connectivity index (χ1v) is 8.34. The molecule has 0 spiro atoms. The van der Waals surface area contributed by atoms with Gasteiger partial charge in [0.1, 0.15) is 5.75 Å². The van der Waals surface area contributed by atoms with E-state index in [4.69, 9.17) is 9.72 Å². The molecule has 3 heterocycles. The number of ether oxygens (including phenoxy) is 1. The zero-order valence-electron chi connectivity index (χ0n) is 14.1. The topological polar surface area (TPSA) is 49.1 Å². The molecule has 1 aliphatic rings. The number of methoxy groups -OCH3 is 1. The van der Waals surface area contributed by atoms with Gasteiger partial charge in [-0.15, -0.1) is 0 Å². The fourth-order valence-electron chi connectivity index (χ4n) is 3.95. The smallest absolute Gasteiger partial charge is 0.261 e. The summed E-state index contributed by atoms with van der Waals surface area (Å²) in [6.07, 6.45) is 0.840. The van der Waals surface area contributed by atoms with Crippen LogP contribution in [0.5, 0.6) is 5.75 Å². The molecule has 0 bridgehead atoms. The van der Waals surface area contributed by atoms with Crippen molar-refractivity contribution in [3.63, 3.8) is 0 Å². The van der Waals surface area contributed by atoms with Crippen LogP contribution in [0.2, 0.25) is 0 Å². The molecule has 0 unspecified atom stereocenters. The fourth-order valence-corrected chi connectivity index (χ4v) is 3.95. The summed E-state index contributed by atoms with van der Waals surface area (Å²) in [4.78, 5) is 17.8. The van der Waals surface area contributed by atoms with Crippen molar-refractivity contribution in [2.45, 2.75) is 13.0 Å². The molecule has 0 N–H and O–H groups in total. The Labute approximate surface area is 144 Å². The Bertz CT molecular complexity index is 1220. The minimum atomic E-state index is 0.0126. The first-order chi connectivity index (χ1) is 12.2. The number of rotatable bonds is 1. The molecule has 0 saturated heterocycles. The van der Waals surface area contributed by atoms with Crippen molar-refractivity contribution < 1.29 is 4.74 Å². The van der Waals surface area contributed by atoms with Crippen LogP contribution in [0.15, 0.2) is 47.3 Å². The Morgan fingerprint density at radius 1 is 1.12 bits per heavy atom. The van der Waals surface area contributed by atoms with Gasteiger partial charge in [0.25, 0.3) is 5.56 Å².